The lowest BCUT2D eigenvalue weighted by atomic mass is 9.78. The van der Waals surface area contributed by atoms with Crippen LogP contribution in [0.25, 0.3) is 0 Å². The Balaban J connectivity index is 2.29. The topological polar surface area (TPSA) is 21.3 Å². The summed E-state index contributed by atoms with van der Waals surface area (Å²) in [7, 11) is 2.08. The number of hydrogen-bond donors (Lipinski definition) is 1. The highest BCUT2D eigenvalue weighted by molar-refractivity contribution is 4.86. The summed E-state index contributed by atoms with van der Waals surface area (Å²) in [5.41, 5.74) is 0. The second-order valence-electron chi connectivity index (χ2n) is 6.18. The van der Waals surface area contributed by atoms with Gasteiger partial charge < -0.3 is 10.1 Å². The van der Waals surface area contributed by atoms with E-state index in [1.807, 2.05) is 0 Å². The Bertz CT molecular complexity index is 205. The molecule has 0 amide bonds. The van der Waals surface area contributed by atoms with Crippen molar-refractivity contribution in [3.8, 4) is 0 Å². The van der Waals surface area contributed by atoms with E-state index in [-0.39, 0.29) is 0 Å². The first-order valence-electron chi connectivity index (χ1n) is 7.97. The van der Waals surface area contributed by atoms with Crippen LogP contribution in [0.4, 0.5) is 0 Å². The van der Waals surface area contributed by atoms with Crippen LogP contribution < -0.4 is 5.32 Å². The second kappa shape index (κ2) is 8.92. The van der Waals surface area contributed by atoms with Crippen LogP contribution in [0.15, 0.2) is 0 Å². The van der Waals surface area contributed by atoms with Crippen LogP contribution in [0.3, 0.4) is 0 Å². The minimum Gasteiger partial charge on any atom is -0.377 e. The predicted molar refractivity (Wildman–Crippen MR) is 78.9 cm³/mol. The first-order valence-corrected chi connectivity index (χ1v) is 7.97. The molecule has 0 aromatic carbocycles. The van der Waals surface area contributed by atoms with E-state index < -0.39 is 0 Å². The van der Waals surface area contributed by atoms with Crippen molar-refractivity contribution in [3.05, 3.63) is 0 Å². The smallest absolute Gasteiger partial charge is 0.0730 e. The molecule has 3 unspecified atom stereocenters. The number of ether oxygens (including phenoxy) is 1. The van der Waals surface area contributed by atoms with E-state index in [4.69, 9.17) is 4.74 Å². The van der Waals surface area contributed by atoms with Crippen LogP contribution in [-0.4, -0.2) is 25.8 Å². The van der Waals surface area contributed by atoms with Crippen LogP contribution in [0.1, 0.15) is 65.7 Å². The Labute approximate surface area is 114 Å². The van der Waals surface area contributed by atoms with E-state index in [0.29, 0.717) is 12.1 Å². The minimum atomic E-state index is 0.442. The largest absolute Gasteiger partial charge is 0.377 e. The lowest BCUT2D eigenvalue weighted by Crippen LogP contribution is -2.45. The Morgan fingerprint density at radius 1 is 1.17 bits per heavy atom. The number of rotatable bonds is 8. The molecule has 1 aliphatic rings. The fraction of sp³-hybridized carbons (Fsp3) is 1.00. The maximum absolute atomic E-state index is 6.15. The molecule has 0 bridgehead atoms. The summed E-state index contributed by atoms with van der Waals surface area (Å²) < 4.78 is 6.15. The lowest BCUT2D eigenvalue weighted by Gasteiger charge is -2.37. The SMILES string of the molecule is CCCCCCOC1CC(C(C)C)CCC1NC. The van der Waals surface area contributed by atoms with Gasteiger partial charge in [0.05, 0.1) is 6.10 Å². The molecule has 0 heterocycles. The van der Waals surface area contributed by atoms with Crippen molar-refractivity contribution in [2.24, 2.45) is 11.8 Å². The third kappa shape index (κ3) is 5.27. The summed E-state index contributed by atoms with van der Waals surface area (Å²) in [5, 5.41) is 3.44. The van der Waals surface area contributed by atoms with Crippen molar-refractivity contribution in [2.75, 3.05) is 13.7 Å². The molecule has 0 saturated heterocycles. The van der Waals surface area contributed by atoms with Crippen molar-refractivity contribution in [2.45, 2.75) is 77.9 Å². The summed E-state index contributed by atoms with van der Waals surface area (Å²) in [6.07, 6.45) is 9.52. The van der Waals surface area contributed by atoms with Crippen molar-refractivity contribution >= 4 is 0 Å². The molecule has 2 heteroatoms. The third-order valence-electron chi connectivity index (χ3n) is 4.48. The van der Waals surface area contributed by atoms with Gasteiger partial charge in [0.15, 0.2) is 0 Å². The van der Waals surface area contributed by atoms with Crippen molar-refractivity contribution in [1.82, 2.24) is 5.32 Å². The van der Waals surface area contributed by atoms with Gasteiger partial charge in [0, 0.05) is 12.6 Å². The van der Waals surface area contributed by atoms with Crippen LogP contribution >= 0.6 is 0 Å². The van der Waals surface area contributed by atoms with Gasteiger partial charge in [0.1, 0.15) is 0 Å². The fourth-order valence-corrected chi connectivity index (χ4v) is 3.04. The van der Waals surface area contributed by atoms with Gasteiger partial charge in [-0.25, -0.2) is 0 Å². The normalized spacial score (nSPS) is 28.8. The van der Waals surface area contributed by atoms with Crippen LogP contribution in [0, 0.1) is 11.8 Å². The molecule has 108 valence electrons. The number of likely N-dealkylation sites (N-methyl/N-ethyl adjacent to an activating group) is 1. The molecule has 0 aromatic heterocycles. The van der Waals surface area contributed by atoms with E-state index in [1.165, 1.54) is 44.9 Å². The molecule has 1 fully saturated rings. The molecule has 0 aromatic rings. The number of unbranched alkanes of at least 4 members (excludes halogenated alkanes) is 3. The van der Waals surface area contributed by atoms with Gasteiger partial charge in [-0.15, -0.1) is 0 Å². The first kappa shape index (κ1) is 16.0. The van der Waals surface area contributed by atoms with E-state index in [9.17, 15) is 0 Å². The monoisotopic (exact) mass is 255 g/mol. The zero-order valence-corrected chi connectivity index (χ0v) is 12.9. The molecule has 2 nitrogen and oxygen atoms in total. The molecule has 1 aliphatic carbocycles. The number of hydrogen-bond acceptors (Lipinski definition) is 2. The molecular weight excluding hydrogens is 222 g/mol. The highest BCUT2D eigenvalue weighted by atomic mass is 16.5. The summed E-state index contributed by atoms with van der Waals surface area (Å²) in [5.74, 6) is 1.66. The van der Waals surface area contributed by atoms with E-state index in [1.54, 1.807) is 0 Å². The zero-order valence-electron chi connectivity index (χ0n) is 12.9. The molecule has 3 atom stereocenters. The summed E-state index contributed by atoms with van der Waals surface area (Å²) >= 11 is 0. The Hall–Kier alpha value is -0.0800. The second-order valence-corrected chi connectivity index (χ2v) is 6.18. The van der Waals surface area contributed by atoms with E-state index in [0.717, 1.165) is 18.4 Å². The Morgan fingerprint density at radius 2 is 1.94 bits per heavy atom. The van der Waals surface area contributed by atoms with E-state index in [2.05, 4.69) is 33.1 Å². The van der Waals surface area contributed by atoms with Gasteiger partial charge in [-0.3, -0.25) is 0 Å². The van der Waals surface area contributed by atoms with Crippen LogP contribution in [0.2, 0.25) is 0 Å². The summed E-state index contributed by atoms with van der Waals surface area (Å²) in [6, 6.07) is 0.575. The van der Waals surface area contributed by atoms with Crippen LogP contribution in [-0.2, 0) is 4.74 Å². The van der Waals surface area contributed by atoms with Gasteiger partial charge >= 0.3 is 0 Å². The average Bonchev–Trinajstić information content (AvgIpc) is 2.38. The zero-order chi connectivity index (χ0) is 13.4. The highest BCUT2D eigenvalue weighted by Gasteiger charge is 2.31. The maximum atomic E-state index is 6.15. The first-order chi connectivity index (χ1) is 8.69. The van der Waals surface area contributed by atoms with Crippen molar-refractivity contribution in [1.29, 1.82) is 0 Å². The van der Waals surface area contributed by atoms with Crippen LogP contribution in [0.5, 0.6) is 0 Å². The minimum absolute atomic E-state index is 0.442. The summed E-state index contributed by atoms with van der Waals surface area (Å²) in [4.78, 5) is 0. The van der Waals surface area contributed by atoms with Crippen molar-refractivity contribution in [3.63, 3.8) is 0 Å². The lowest BCUT2D eigenvalue weighted by molar-refractivity contribution is -0.0162. The van der Waals surface area contributed by atoms with Gasteiger partial charge in [0.2, 0.25) is 0 Å². The Morgan fingerprint density at radius 3 is 2.56 bits per heavy atom. The molecule has 0 radical (unpaired) electrons. The highest BCUT2D eigenvalue weighted by Crippen LogP contribution is 2.31. The van der Waals surface area contributed by atoms with E-state index >= 15 is 0 Å². The average molecular weight is 255 g/mol. The van der Waals surface area contributed by atoms with Crippen molar-refractivity contribution < 1.29 is 4.74 Å². The van der Waals surface area contributed by atoms with Gasteiger partial charge in [-0.2, -0.15) is 0 Å². The Kier molecular flexibility index (Phi) is 7.92. The molecule has 1 saturated carbocycles. The quantitative estimate of drug-likeness (QED) is 0.662. The molecule has 0 spiro atoms. The van der Waals surface area contributed by atoms with Gasteiger partial charge in [-0.1, -0.05) is 40.0 Å². The molecular formula is C16H33NO. The molecule has 1 rings (SSSR count). The maximum Gasteiger partial charge on any atom is 0.0730 e. The molecule has 0 aliphatic heterocycles. The summed E-state index contributed by atoms with van der Waals surface area (Å²) in [6.45, 7) is 7.91. The van der Waals surface area contributed by atoms with Gasteiger partial charge in [0.25, 0.3) is 0 Å². The molecule has 18 heavy (non-hydrogen) atoms. The van der Waals surface area contributed by atoms with Gasteiger partial charge in [-0.05, 0) is 44.6 Å². The predicted octanol–water partition coefficient (Wildman–Crippen LogP) is 4.00. The fourth-order valence-electron chi connectivity index (χ4n) is 3.04. The number of nitrogens with one attached hydrogen (secondary N) is 1. The molecule has 1 N–H and O–H groups in total. The standard InChI is InChI=1S/C16H33NO/c1-5-6-7-8-11-18-16-12-14(13(2)3)9-10-15(16)17-4/h13-17H,5-12H2,1-4H3. The third-order valence-corrected chi connectivity index (χ3v) is 4.48.